The van der Waals surface area contributed by atoms with Crippen LogP contribution in [0.2, 0.25) is 0 Å². The standard InChI is InChI=1S/C22H28N2O3S/c1-15(2)13-26-18-9-7-8-17(12-18)21(25)24-22(28)23-19-10-5-6-11-20(19)27-14-16(3)4/h5-12,15-16H,13-14H2,1-4H3,(H2,23,24,25,28). The van der Waals surface area contributed by atoms with E-state index < -0.39 is 0 Å². The van der Waals surface area contributed by atoms with Crippen molar-refractivity contribution in [3.63, 3.8) is 0 Å². The molecule has 0 atom stereocenters. The molecular weight excluding hydrogens is 372 g/mol. The third-order valence-electron chi connectivity index (χ3n) is 3.61. The summed E-state index contributed by atoms with van der Waals surface area (Å²) >= 11 is 5.30. The van der Waals surface area contributed by atoms with Crippen LogP contribution in [0.25, 0.3) is 0 Å². The quantitative estimate of drug-likeness (QED) is 0.618. The van der Waals surface area contributed by atoms with Crippen LogP contribution in [-0.2, 0) is 0 Å². The van der Waals surface area contributed by atoms with Crippen LogP contribution in [-0.4, -0.2) is 24.2 Å². The van der Waals surface area contributed by atoms with E-state index in [0.29, 0.717) is 47.8 Å². The molecule has 0 saturated carbocycles. The summed E-state index contributed by atoms with van der Waals surface area (Å²) in [5.41, 5.74) is 1.19. The van der Waals surface area contributed by atoms with E-state index in [9.17, 15) is 4.79 Å². The summed E-state index contributed by atoms with van der Waals surface area (Å²) in [7, 11) is 0. The van der Waals surface area contributed by atoms with Crippen LogP contribution in [0.5, 0.6) is 11.5 Å². The first kappa shape index (κ1) is 21.7. The van der Waals surface area contributed by atoms with Gasteiger partial charge in [-0.25, -0.2) is 0 Å². The minimum Gasteiger partial charge on any atom is -0.493 e. The molecule has 0 radical (unpaired) electrons. The molecule has 0 saturated heterocycles. The lowest BCUT2D eigenvalue weighted by molar-refractivity contribution is 0.0977. The van der Waals surface area contributed by atoms with E-state index in [-0.39, 0.29) is 11.0 Å². The summed E-state index contributed by atoms with van der Waals surface area (Å²) in [5.74, 6) is 1.87. The van der Waals surface area contributed by atoms with Crippen molar-refractivity contribution in [2.24, 2.45) is 11.8 Å². The van der Waals surface area contributed by atoms with Gasteiger partial charge in [0.1, 0.15) is 11.5 Å². The predicted molar refractivity (Wildman–Crippen MR) is 117 cm³/mol. The Morgan fingerprint density at radius 1 is 0.964 bits per heavy atom. The van der Waals surface area contributed by atoms with Crippen molar-refractivity contribution >= 4 is 28.9 Å². The fourth-order valence-corrected chi connectivity index (χ4v) is 2.47. The van der Waals surface area contributed by atoms with Gasteiger partial charge >= 0.3 is 0 Å². The van der Waals surface area contributed by atoms with E-state index in [1.165, 1.54) is 0 Å². The number of thiocarbonyl (C=S) groups is 1. The molecular formula is C22H28N2O3S. The first-order valence-electron chi connectivity index (χ1n) is 9.42. The zero-order valence-electron chi connectivity index (χ0n) is 16.8. The molecule has 150 valence electrons. The lowest BCUT2D eigenvalue weighted by Crippen LogP contribution is -2.34. The van der Waals surface area contributed by atoms with Crippen LogP contribution < -0.4 is 20.1 Å². The van der Waals surface area contributed by atoms with Gasteiger partial charge < -0.3 is 14.8 Å². The number of carbonyl (C=O) groups is 1. The highest BCUT2D eigenvalue weighted by Gasteiger charge is 2.11. The van der Waals surface area contributed by atoms with E-state index in [1.807, 2.05) is 30.3 Å². The van der Waals surface area contributed by atoms with E-state index in [0.717, 1.165) is 0 Å². The number of amides is 1. The van der Waals surface area contributed by atoms with Gasteiger partial charge in [0.25, 0.3) is 5.91 Å². The molecule has 5 nitrogen and oxygen atoms in total. The summed E-state index contributed by atoms with van der Waals surface area (Å²) in [6.45, 7) is 9.51. The summed E-state index contributed by atoms with van der Waals surface area (Å²) in [5, 5.41) is 5.94. The van der Waals surface area contributed by atoms with Gasteiger partial charge in [0, 0.05) is 5.56 Å². The number of hydrogen-bond donors (Lipinski definition) is 2. The highest BCUT2D eigenvalue weighted by Crippen LogP contribution is 2.24. The molecule has 2 aromatic rings. The molecule has 1 amide bonds. The van der Waals surface area contributed by atoms with Crippen LogP contribution >= 0.6 is 12.2 Å². The number of carbonyl (C=O) groups excluding carboxylic acids is 1. The Morgan fingerprint density at radius 3 is 2.36 bits per heavy atom. The van der Waals surface area contributed by atoms with Crippen molar-refractivity contribution in [2.75, 3.05) is 18.5 Å². The number of nitrogens with one attached hydrogen (secondary N) is 2. The Bertz CT molecular complexity index is 806. The molecule has 0 fully saturated rings. The van der Waals surface area contributed by atoms with E-state index in [2.05, 4.69) is 38.3 Å². The lowest BCUT2D eigenvalue weighted by Gasteiger charge is -2.15. The average molecular weight is 401 g/mol. The predicted octanol–water partition coefficient (Wildman–Crippen LogP) is 4.88. The second-order valence-electron chi connectivity index (χ2n) is 7.34. The smallest absolute Gasteiger partial charge is 0.257 e. The van der Waals surface area contributed by atoms with Crippen LogP contribution in [0.15, 0.2) is 48.5 Å². The SMILES string of the molecule is CC(C)COc1cccc(C(=O)NC(=S)Nc2ccccc2OCC(C)C)c1. The fourth-order valence-electron chi connectivity index (χ4n) is 2.27. The zero-order chi connectivity index (χ0) is 20.5. The maximum absolute atomic E-state index is 12.5. The second kappa shape index (κ2) is 10.7. The molecule has 2 N–H and O–H groups in total. The molecule has 2 rings (SSSR count). The monoisotopic (exact) mass is 400 g/mol. The highest BCUT2D eigenvalue weighted by atomic mass is 32.1. The van der Waals surface area contributed by atoms with Crippen LogP contribution in [0.1, 0.15) is 38.1 Å². The number of benzene rings is 2. The third kappa shape index (κ3) is 7.19. The first-order chi connectivity index (χ1) is 13.3. The van der Waals surface area contributed by atoms with Crippen molar-refractivity contribution in [2.45, 2.75) is 27.7 Å². The van der Waals surface area contributed by atoms with E-state index in [4.69, 9.17) is 21.7 Å². The molecule has 0 aliphatic rings. The first-order valence-corrected chi connectivity index (χ1v) is 9.83. The van der Waals surface area contributed by atoms with Crippen molar-refractivity contribution < 1.29 is 14.3 Å². The van der Waals surface area contributed by atoms with Gasteiger partial charge in [-0.2, -0.15) is 0 Å². The van der Waals surface area contributed by atoms with Gasteiger partial charge in [0.05, 0.1) is 18.9 Å². The largest absolute Gasteiger partial charge is 0.493 e. The second-order valence-corrected chi connectivity index (χ2v) is 7.75. The van der Waals surface area contributed by atoms with Crippen LogP contribution in [0.4, 0.5) is 5.69 Å². The molecule has 0 bridgehead atoms. The Morgan fingerprint density at radius 2 is 1.64 bits per heavy atom. The van der Waals surface area contributed by atoms with E-state index >= 15 is 0 Å². The molecule has 2 aromatic carbocycles. The topological polar surface area (TPSA) is 59.6 Å². The van der Waals surface area contributed by atoms with Crippen molar-refractivity contribution in [1.82, 2.24) is 5.32 Å². The normalized spacial score (nSPS) is 10.6. The number of ether oxygens (including phenoxy) is 2. The van der Waals surface area contributed by atoms with Gasteiger partial charge in [0.2, 0.25) is 0 Å². The van der Waals surface area contributed by atoms with Crippen molar-refractivity contribution in [3.8, 4) is 11.5 Å². The molecule has 0 unspecified atom stereocenters. The van der Waals surface area contributed by atoms with Gasteiger partial charge in [-0.05, 0) is 54.4 Å². The van der Waals surface area contributed by atoms with Crippen LogP contribution in [0.3, 0.4) is 0 Å². The molecule has 6 heteroatoms. The van der Waals surface area contributed by atoms with Gasteiger partial charge in [-0.3, -0.25) is 10.1 Å². The number of para-hydroxylation sites is 2. The number of hydrogen-bond acceptors (Lipinski definition) is 4. The Balaban J connectivity index is 1.98. The van der Waals surface area contributed by atoms with Crippen molar-refractivity contribution in [3.05, 3.63) is 54.1 Å². The fraction of sp³-hybridized carbons (Fsp3) is 0.364. The number of anilines is 1. The summed E-state index contributed by atoms with van der Waals surface area (Å²) in [6.07, 6.45) is 0. The Hall–Kier alpha value is -2.60. The summed E-state index contributed by atoms with van der Waals surface area (Å²) in [4.78, 5) is 12.5. The Labute approximate surface area is 172 Å². The van der Waals surface area contributed by atoms with Crippen molar-refractivity contribution in [1.29, 1.82) is 0 Å². The maximum atomic E-state index is 12.5. The maximum Gasteiger partial charge on any atom is 0.257 e. The molecule has 0 heterocycles. The molecule has 0 spiro atoms. The van der Waals surface area contributed by atoms with Gasteiger partial charge in [-0.1, -0.05) is 45.9 Å². The molecule has 0 aliphatic heterocycles. The Kier molecular flexibility index (Phi) is 8.26. The summed E-state index contributed by atoms with van der Waals surface area (Å²) < 4.78 is 11.5. The van der Waals surface area contributed by atoms with Gasteiger partial charge in [0.15, 0.2) is 5.11 Å². The minimum absolute atomic E-state index is 0.207. The minimum atomic E-state index is -0.298. The highest BCUT2D eigenvalue weighted by molar-refractivity contribution is 7.80. The summed E-state index contributed by atoms with van der Waals surface area (Å²) in [6, 6.07) is 14.5. The lowest BCUT2D eigenvalue weighted by atomic mass is 10.2. The zero-order valence-corrected chi connectivity index (χ0v) is 17.6. The van der Waals surface area contributed by atoms with Gasteiger partial charge in [-0.15, -0.1) is 0 Å². The molecule has 28 heavy (non-hydrogen) atoms. The molecule has 0 aliphatic carbocycles. The van der Waals surface area contributed by atoms with E-state index in [1.54, 1.807) is 18.2 Å². The van der Waals surface area contributed by atoms with Crippen LogP contribution in [0, 0.1) is 11.8 Å². The molecule has 0 aromatic heterocycles. The average Bonchev–Trinajstić information content (AvgIpc) is 2.65. The third-order valence-corrected chi connectivity index (χ3v) is 3.82. The number of rotatable bonds is 8.